The van der Waals surface area contributed by atoms with Gasteiger partial charge in [0.05, 0.1) is 11.3 Å². The van der Waals surface area contributed by atoms with E-state index in [2.05, 4.69) is 35.1 Å². The summed E-state index contributed by atoms with van der Waals surface area (Å²) >= 11 is 0. The van der Waals surface area contributed by atoms with Crippen molar-refractivity contribution in [2.45, 2.75) is 38.3 Å². The third-order valence-electron chi connectivity index (χ3n) is 5.18. The summed E-state index contributed by atoms with van der Waals surface area (Å²) in [6.07, 6.45) is 3.93. The molecule has 2 aliphatic rings. The zero-order valence-electron chi connectivity index (χ0n) is 14.7. The van der Waals surface area contributed by atoms with E-state index in [1.807, 2.05) is 23.2 Å². The summed E-state index contributed by atoms with van der Waals surface area (Å²) < 4.78 is 5.73. The Morgan fingerprint density at radius 2 is 2.17 bits per heavy atom. The molecular formula is C18H28N4O2. The van der Waals surface area contributed by atoms with Gasteiger partial charge in [0.1, 0.15) is 0 Å². The van der Waals surface area contributed by atoms with Crippen LogP contribution in [0.4, 0.5) is 4.79 Å². The van der Waals surface area contributed by atoms with Crippen LogP contribution in [0.25, 0.3) is 0 Å². The van der Waals surface area contributed by atoms with Gasteiger partial charge >= 0.3 is 6.03 Å². The number of ether oxygens (including phenoxy) is 1. The summed E-state index contributed by atoms with van der Waals surface area (Å²) in [6, 6.07) is 6.33. The molecule has 3 heterocycles. The number of nitrogens with one attached hydrogen (secondary N) is 1. The van der Waals surface area contributed by atoms with Gasteiger partial charge in [-0.1, -0.05) is 6.07 Å². The monoisotopic (exact) mass is 332 g/mol. The fourth-order valence-electron chi connectivity index (χ4n) is 3.47. The van der Waals surface area contributed by atoms with Crippen molar-refractivity contribution < 1.29 is 9.53 Å². The summed E-state index contributed by atoms with van der Waals surface area (Å²) in [5, 5.41) is 3.04. The predicted molar refractivity (Wildman–Crippen MR) is 92.8 cm³/mol. The number of nitrogens with zero attached hydrogens (tertiary/aromatic N) is 3. The summed E-state index contributed by atoms with van der Waals surface area (Å²) in [4.78, 5) is 21.1. The minimum Gasteiger partial charge on any atom is -0.373 e. The predicted octanol–water partition coefficient (Wildman–Crippen LogP) is 2.04. The summed E-state index contributed by atoms with van der Waals surface area (Å²) in [5.41, 5.74) is 0.895. The lowest BCUT2D eigenvalue weighted by atomic mass is 10.0. The van der Waals surface area contributed by atoms with E-state index in [0.29, 0.717) is 6.54 Å². The van der Waals surface area contributed by atoms with Crippen LogP contribution < -0.4 is 5.32 Å². The van der Waals surface area contributed by atoms with Gasteiger partial charge in [0.25, 0.3) is 0 Å². The molecule has 0 aromatic carbocycles. The fourth-order valence-corrected chi connectivity index (χ4v) is 3.47. The molecule has 2 atom stereocenters. The van der Waals surface area contributed by atoms with Crippen molar-refractivity contribution in [3.8, 4) is 0 Å². The zero-order valence-corrected chi connectivity index (χ0v) is 14.7. The number of rotatable bonds is 4. The molecule has 0 aliphatic carbocycles. The average Bonchev–Trinajstić information content (AvgIpc) is 3.07. The molecule has 0 unspecified atom stereocenters. The second kappa shape index (κ2) is 7.49. The highest BCUT2D eigenvalue weighted by Crippen LogP contribution is 2.24. The molecule has 1 aromatic heterocycles. The van der Waals surface area contributed by atoms with Crippen molar-refractivity contribution in [1.82, 2.24) is 20.1 Å². The van der Waals surface area contributed by atoms with E-state index in [1.165, 1.54) is 0 Å². The molecule has 132 valence electrons. The molecular weight excluding hydrogens is 304 g/mol. The molecule has 24 heavy (non-hydrogen) atoms. The average molecular weight is 332 g/mol. The van der Waals surface area contributed by atoms with Crippen molar-refractivity contribution >= 4 is 6.03 Å². The second-order valence-electron chi connectivity index (χ2n) is 7.01. The van der Waals surface area contributed by atoms with Crippen molar-refractivity contribution in [2.75, 3.05) is 39.3 Å². The van der Waals surface area contributed by atoms with E-state index in [4.69, 9.17) is 4.74 Å². The first-order chi connectivity index (χ1) is 11.6. The minimum atomic E-state index is -0.190. The number of pyridine rings is 1. The molecule has 0 radical (unpaired) electrons. The maximum Gasteiger partial charge on any atom is 0.317 e. The summed E-state index contributed by atoms with van der Waals surface area (Å²) in [7, 11) is 0. The van der Waals surface area contributed by atoms with E-state index < -0.39 is 0 Å². The maximum absolute atomic E-state index is 12.4. The topological polar surface area (TPSA) is 57.7 Å². The van der Waals surface area contributed by atoms with Crippen LogP contribution in [0.5, 0.6) is 0 Å². The molecule has 2 fully saturated rings. The Labute approximate surface area is 144 Å². The Kier molecular flexibility index (Phi) is 5.36. The second-order valence-corrected chi connectivity index (χ2v) is 7.01. The SMILES string of the molecule is C[C@H](c1ccccn1)N1CCN(C(=O)NC[C@@]2(C)CCCO2)CC1. The van der Waals surface area contributed by atoms with Crippen LogP contribution >= 0.6 is 0 Å². The Morgan fingerprint density at radius 3 is 2.79 bits per heavy atom. The fraction of sp³-hybridized carbons (Fsp3) is 0.667. The third-order valence-corrected chi connectivity index (χ3v) is 5.18. The molecule has 0 bridgehead atoms. The zero-order chi connectivity index (χ0) is 17.0. The number of aromatic nitrogens is 1. The molecule has 2 aliphatic heterocycles. The number of urea groups is 1. The molecule has 2 amide bonds. The van der Waals surface area contributed by atoms with Crippen LogP contribution in [0.3, 0.4) is 0 Å². The van der Waals surface area contributed by atoms with Crippen LogP contribution in [0.15, 0.2) is 24.4 Å². The normalized spacial score (nSPS) is 26.3. The smallest absolute Gasteiger partial charge is 0.317 e. The highest BCUT2D eigenvalue weighted by molar-refractivity contribution is 5.74. The molecule has 0 spiro atoms. The van der Waals surface area contributed by atoms with Crippen LogP contribution in [0, 0.1) is 0 Å². The van der Waals surface area contributed by atoms with Gasteiger partial charge in [0.15, 0.2) is 0 Å². The molecule has 2 saturated heterocycles. The van der Waals surface area contributed by atoms with E-state index in [0.717, 1.165) is 51.3 Å². The lowest BCUT2D eigenvalue weighted by molar-refractivity contribution is 0.0211. The molecule has 0 saturated carbocycles. The van der Waals surface area contributed by atoms with Gasteiger partial charge in [-0.3, -0.25) is 9.88 Å². The van der Waals surface area contributed by atoms with E-state index in [-0.39, 0.29) is 17.7 Å². The number of carbonyl (C=O) groups is 1. The Morgan fingerprint density at radius 1 is 1.38 bits per heavy atom. The van der Waals surface area contributed by atoms with Gasteiger partial charge in [-0.15, -0.1) is 0 Å². The quantitative estimate of drug-likeness (QED) is 0.917. The van der Waals surface area contributed by atoms with E-state index >= 15 is 0 Å². The van der Waals surface area contributed by atoms with Crippen LogP contribution in [-0.4, -0.2) is 65.7 Å². The summed E-state index contributed by atoms with van der Waals surface area (Å²) in [6.45, 7) is 8.90. The number of carbonyl (C=O) groups excluding carboxylic acids is 1. The van der Waals surface area contributed by atoms with E-state index in [9.17, 15) is 4.79 Å². The van der Waals surface area contributed by atoms with Gasteiger partial charge in [0, 0.05) is 51.6 Å². The van der Waals surface area contributed by atoms with Gasteiger partial charge in [-0.05, 0) is 38.8 Å². The number of piperazine rings is 1. The molecule has 1 N–H and O–H groups in total. The third kappa shape index (κ3) is 4.05. The Bertz CT molecular complexity index is 537. The lowest BCUT2D eigenvalue weighted by Crippen LogP contribution is -2.54. The molecule has 6 nitrogen and oxygen atoms in total. The van der Waals surface area contributed by atoms with E-state index in [1.54, 1.807) is 0 Å². The van der Waals surface area contributed by atoms with Gasteiger partial charge in [-0.25, -0.2) is 4.79 Å². The van der Waals surface area contributed by atoms with Gasteiger partial charge in [0.2, 0.25) is 0 Å². The molecule has 1 aromatic rings. The van der Waals surface area contributed by atoms with Crippen molar-refractivity contribution in [1.29, 1.82) is 0 Å². The minimum absolute atomic E-state index is 0.0249. The van der Waals surface area contributed by atoms with Crippen LogP contribution in [0.2, 0.25) is 0 Å². The Hall–Kier alpha value is -1.66. The largest absolute Gasteiger partial charge is 0.373 e. The van der Waals surface area contributed by atoms with Crippen molar-refractivity contribution in [2.24, 2.45) is 0 Å². The van der Waals surface area contributed by atoms with Crippen molar-refractivity contribution in [3.63, 3.8) is 0 Å². The van der Waals surface area contributed by atoms with Gasteiger partial charge < -0.3 is 15.0 Å². The molecule has 6 heteroatoms. The summed E-state index contributed by atoms with van der Waals surface area (Å²) in [5.74, 6) is 0. The number of hydrogen-bond acceptors (Lipinski definition) is 4. The first kappa shape index (κ1) is 17.2. The number of amides is 2. The van der Waals surface area contributed by atoms with Gasteiger partial charge in [-0.2, -0.15) is 0 Å². The molecule has 3 rings (SSSR count). The lowest BCUT2D eigenvalue weighted by Gasteiger charge is -2.38. The highest BCUT2D eigenvalue weighted by Gasteiger charge is 2.31. The number of hydrogen-bond donors (Lipinski definition) is 1. The standard InChI is InChI=1S/C18H28N4O2/c1-15(16-6-3-4-8-19-16)21-9-11-22(12-10-21)17(23)20-14-18(2)7-5-13-24-18/h3-4,6,8,15H,5,7,9-14H2,1-2H3,(H,20,23)/t15-,18-/m1/s1. The van der Waals surface area contributed by atoms with Crippen molar-refractivity contribution in [3.05, 3.63) is 30.1 Å². The van der Waals surface area contributed by atoms with Crippen LogP contribution in [-0.2, 0) is 4.74 Å². The first-order valence-corrected chi connectivity index (χ1v) is 8.89. The highest BCUT2D eigenvalue weighted by atomic mass is 16.5. The Balaban J connectivity index is 1.45. The maximum atomic E-state index is 12.4. The van der Waals surface area contributed by atoms with Crippen LogP contribution in [0.1, 0.15) is 38.4 Å². The first-order valence-electron chi connectivity index (χ1n) is 8.89.